The van der Waals surface area contributed by atoms with E-state index in [0.717, 1.165) is 30.3 Å². The number of benzene rings is 2. The summed E-state index contributed by atoms with van der Waals surface area (Å²) in [5.74, 6) is -2.97. The van der Waals surface area contributed by atoms with Crippen LogP contribution in [0.3, 0.4) is 0 Å². The van der Waals surface area contributed by atoms with E-state index in [4.69, 9.17) is 0 Å². The van der Waals surface area contributed by atoms with Gasteiger partial charge in [-0.2, -0.15) is 26.3 Å². The highest BCUT2D eigenvalue weighted by Crippen LogP contribution is 2.60. The third kappa shape index (κ3) is 5.09. The van der Waals surface area contributed by atoms with Crippen LogP contribution in [0.2, 0.25) is 0 Å². The van der Waals surface area contributed by atoms with E-state index in [1.807, 2.05) is 0 Å². The molecule has 5 rings (SSSR count). The van der Waals surface area contributed by atoms with Crippen LogP contribution in [0.25, 0.3) is 0 Å². The predicted octanol–water partition coefficient (Wildman–Crippen LogP) is 6.57. The van der Waals surface area contributed by atoms with Crippen LogP contribution in [0.15, 0.2) is 47.4 Å². The molecular formula is C30H31F8NO4S. The van der Waals surface area contributed by atoms with Gasteiger partial charge in [0.05, 0.1) is 10.5 Å². The Hall–Kier alpha value is -2.74. The Bertz CT molecular complexity index is 1510. The molecule has 3 aliphatic rings. The molecule has 0 heterocycles. The summed E-state index contributed by atoms with van der Waals surface area (Å²) >= 11 is 0. The van der Waals surface area contributed by atoms with Crippen LogP contribution in [0.1, 0.15) is 68.6 Å². The number of hydrogen-bond acceptors (Lipinski definition) is 4. The van der Waals surface area contributed by atoms with Gasteiger partial charge in [0.15, 0.2) is 9.84 Å². The summed E-state index contributed by atoms with van der Waals surface area (Å²) in [6.07, 6.45) is -11.3. The van der Waals surface area contributed by atoms with Crippen LogP contribution in [-0.2, 0) is 31.5 Å². The standard InChI is InChI=1S/C30H31F8NO4S/c1-26(41)13-10-20(11-14-26)39-25(40)22-12-15-27(44(42,43)21-6-4-19(31)5-7-21)23-9-3-18(16-17(23)2-8-24(22)27)28(32,29(33,34)35)30(36,37)38/h3-7,9,16,20,22,24,41H,2,8,10-15H2,1H3,(H,39,40)/t20?,22-,24+,26?,27-/m1/s1. The van der Waals surface area contributed by atoms with Crippen LogP contribution >= 0.6 is 0 Å². The van der Waals surface area contributed by atoms with Gasteiger partial charge in [0, 0.05) is 17.5 Å². The fourth-order valence-corrected chi connectivity index (χ4v) is 9.86. The molecular weight excluding hydrogens is 622 g/mol. The van der Waals surface area contributed by atoms with E-state index >= 15 is 0 Å². The number of nitrogens with one attached hydrogen (secondary N) is 1. The second-order valence-electron chi connectivity index (χ2n) is 12.4. The van der Waals surface area contributed by atoms with Gasteiger partial charge in [-0.05, 0) is 99.6 Å². The lowest BCUT2D eigenvalue weighted by Crippen LogP contribution is -2.51. The summed E-state index contributed by atoms with van der Waals surface area (Å²) < 4.78 is 137. The number of hydrogen-bond donors (Lipinski definition) is 2. The lowest BCUT2D eigenvalue weighted by molar-refractivity contribution is -0.348. The molecule has 3 atom stereocenters. The minimum Gasteiger partial charge on any atom is -0.390 e. The molecule has 0 spiro atoms. The van der Waals surface area contributed by atoms with Crippen molar-refractivity contribution in [1.29, 1.82) is 0 Å². The van der Waals surface area contributed by atoms with Gasteiger partial charge in [-0.25, -0.2) is 17.2 Å². The molecule has 0 radical (unpaired) electrons. The van der Waals surface area contributed by atoms with Gasteiger partial charge in [-0.3, -0.25) is 4.79 Å². The first-order valence-corrected chi connectivity index (χ1v) is 15.7. The highest BCUT2D eigenvalue weighted by Gasteiger charge is 2.74. The zero-order valence-electron chi connectivity index (χ0n) is 23.5. The van der Waals surface area contributed by atoms with Crippen molar-refractivity contribution in [3.05, 3.63) is 65.0 Å². The lowest BCUT2D eigenvalue weighted by Gasteiger charge is -2.43. The van der Waals surface area contributed by atoms with Crippen LogP contribution < -0.4 is 5.32 Å². The molecule has 2 N–H and O–H groups in total. The van der Waals surface area contributed by atoms with Crippen LogP contribution in [0.5, 0.6) is 0 Å². The van der Waals surface area contributed by atoms with Gasteiger partial charge in [0.25, 0.3) is 0 Å². The molecule has 2 saturated carbocycles. The quantitative estimate of drug-likeness (QED) is 0.283. The summed E-state index contributed by atoms with van der Waals surface area (Å²) in [6, 6.07) is 5.11. The van der Waals surface area contributed by atoms with E-state index in [1.54, 1.807) is 6.92 Å². The summed E-state index contributed by atoms with van der Waals surface area (Å²) in [4.78, 5) is 13.2. The molecule has 0 aliphatic heterocycles. The van der Waals surface area contributed by atoms with Crippen molar-refractivity contribution in [1.82, 2.24) is 5.32 Å². The molecule has 2 aromatic carbocycles. The highest BCUT2D eigenvalue weighted by molar-refractivity contribution is 7.92. The van der Waals surface area contributed by atoms with Gasteiger partial charge in [0.2, 0.25) is 5.91 Å². The molecule has 14 heteroatoms. The smallest absolute Gasteiger partial charge is 0.390 e. The van der Waals surface area contributed by atoms with Crippen molar-refractivity contribution in [3.63, 3.8) is 0 Å². The molecule has 0 unspecified atom stereocenters. The fraction of sp³-hybridized carbons (Fsp3) is 0.567. The average Bonchev–Trinajstić information content (AvgIpc) is 3.34. The molecule has 0 saturated heterocycles. The molecule has 242 valence electrons. The first kappa shape index (κ1) is 32.6. The Labute approximate surface area is 248 Å². The molecule has 0 aromatic heterocycles. The SMILES string of the molecule is CC1(O)CCC(NC(=O)[C@@H]2CC[C@@]3(S(=O)(=O)c4ccc(F)cc4)c4ccc(C(F)(C(F)(F)F)C(F)(F)F)cc4CC[C@@H]23)CC1. The van der Waals surface area contributed by atoms with Gasteiger partial charge in [0.1, 0.15) is 10.6 Å². The first-order valence-electron chi connectivity index (χ1n) is 14.2. The van der Waals surface area contributed by atoms with E-state index in [1.165, 1.54) is 0 Å². The van der Waals surface area contributed by atoms with Crippen LogP contribution in [-0.4, -0.2) is 43.4 Å². The monoisotopic (exact) mass is 653 g/mol. The summed E-state index contributed by atoms with van der Waals surface area (Å²) in [6.45, 7) is 1.69. The first-order chi connectivity index (χ1) is 20.2. The third-order valence-corrected chi connectivity index (χ3v) is 12.3. The van der Waals surface area contributed by atoms with Crippen LogP contribution in [0, 0.1) is 17.7 Å². The minimum absolute atomic E-state index is 0.0424. The number of aliphatic hydroxyl groups is 1. The summed E-state index contributed by atoms with van der Waals surface area (Å²) in [7, 11) is -4.53. The van der Waals surface area contributed by atoms with Crippen LogP contribution in [0.4, 0.5) is 35.1 Å². The van der Waals surface area contributed by atoms with Gasteiger partial charge in [-0.1, -0.05) is 18.2 Å². The normalized spacial score (nSPS) is 29.5. The minimum atomic E-state index is -6.35. The number of aryl methyl sites for hydroxylation is 1. The number of halogens is 8. The second kappa shape index (κ2) is 10.7. The second-order valence-corrected chi connectivity index (χ2v) is 14.6. The number of sulfone groups is 1. The average molecular weight is 654 g/mol. The van der Waals surface area contributed by atoms with E-state index in [0.29, 0.717) is 37.8 Å². The Morgan fingerprint density at radius 2 is 1.48 bits per heavy atom. The fourth-order valence-electron chi connectivity index (χ4n) is 7.39. The topological polar surface area (TPSA) is 83.5 Å². The van der Waals surface area contributed by atoms with Crippen molar-refractivity contribution in [2.24, 2.45) is 11.8 Å². The van der Waals surface area contributed by atoms with Crippen molar-refractivity contribution in [2.75, 3.05) is 0 Å². The molecule has 2 aromatic rings. The molecule has 44 heavy (non-hydrogen) atoms. The lowest BCUT2D eigenvalue weighted by atomic mass is 9.72. The molecule has 3 aliphatic carbocycles. The Balaban J connectivity index is 1.60. The number of alkyl halides is 7. The molecule has 1 amide bonds. The highest BCUT2D eigenvalue weighted by atomic mass is 32.2. The number of carbonyl (C=O) groups is 1. The summed E-state index contributed by atoms with van der Waals surface area (Å²) in [5, 5.41) is 13.2. The van der Waals surface area contributed by atoms with Gasteiger partial charge in [-0.15, -0.1) is 0 Å². The molecule has 5 nitrogen and oxygen atoms in total. The third-order valence-electron chi connectivity index (χ3n) is 9.73. The van der Waals surface area contributed by atoms with Crippen molar-refractivity contribution >= 4 is 15.7 Å². The van der Waals surface area contributed by atoms with Crippen molar-refractivity contribution < 1.29 is 53.4 Å². The number of amides is 1. The zero-order chi connectivity index (χ0) is 32.5. The maximum absolute atomic E-state index is 15.0. The van der Waals surface area contributed by atoms with Crippen molar-refractivity contribution in [2.45, 2.75) is 97.6 Å². The maximum atomic E-state index is 15.0. The number of carbonyl (C=O) groups excluding carboxylic acids is 1. The van der Waals surface area contributed by atoms with E-state index in [-0.39, 0.29) is 47.7 Å². The maximum Gasteiger partial charge on any atom is 0.435 e. The van der Waals surface area contributed by atoms with Crippen molar-refractivity contribution in [3.8, 4) is 0 Å². The summed E-state index contributed by atoms with van der Waals surface area (Å²) in [5.41, 5.74) is -8.58. The Morgan fingerprint density at radius 1 is 0.886 bits per heavy atom. The van der Waals surface area contributed by atoms with E-state index < -0.39 is 67.3 Å². The zero-order valence-corrected chi connectivity index (χ0v) is 24.4. The number of rotatable bonds is 5. The predicted molar refractivity (Wildman–Crippen MR) is 142 cm³/mol. The van der Waals surface area contributed by atoms with E-state index in [9.17, 15) is 53.4 Å². The number of fused-ring (bicyclic) bond motifs is 3. The van der Waals surface area contributed by atoms with E-state index in [2.05, 4.69) is 5.32 Å². The Morgan fingerprint density at radius 3 is 2.05 bits per heavy atom. The van der Waals surface area contributed by atoms with Gasteiger partial charge >= 0.3 is 18.0 Å². The van der Waals surface area contributed by atoms with Gasteiger partial charge < -0.3 is 10.4 Å². The molecule has 0 bridgehead atoms. The molecule has 2 fully saturated rings. The Kier molecular flexibility index (Phi) is 7.92. The largest absolute Gasteiger partial charge is 0.435 e.